The molecule has 0 fully saturated rings. The van der Waals surface area contributed by atoms with E-state index in [2.05, 4.69) is 5.32 Å². The molecule has 5 nitrogen and oxygen atoms in total. The van der Waals surface area contributed by atoms with Gasteiger partial charge in [-0.3, -0.25) is 0 Å². The van der Waals surface area contributed by atoms with Crippen molar-refractivity contribution >= 4 is 29.3 Å². The van der Waals surface area contributed by atoms with Crippen molar-refractivity contribution < 1.29 is 14.3 Å². The largest absolute Gasteiger partial charge is 0.490 e. The molecule has 1 amide bonds. The van der Waals surface area contributed by atoms with Gasteiger partial charge in [-0.05, 0) is 26.8 Å². The zero-order chi connectivity index (χ0) is 17.2. The van der Waals surface area contributed by atoms with Crippen molar-refractivity contribution in [2.24, 2.45) is 0 Å². The van der Waals surface area contributed by atoms with Gasteiger partial charge in [-0.2, -0.15) is 0 Å². The van der Waals surface area contributed by atoms with E-state index >= 15 is 0 Å². The number of rotatable bonds is 4. The van der Waals surface area contributed by atoms with Gasteiger partial charge in [0.2, 0.25) is 0 Å². The van der Waals surface area contributed by atoms with Crippen molar-refractivity contribution in [3.05, 3.63) is 27.7 Å². The predicted octanol–water partition coefficient (Wildman–Crippen LogP) is 3.88. The Morgan fingerprint density at radius 1 is 1.43 bits per heavy atom. The molecular weight excluding hydrogens is 339 g/mol. The monoisotopic (exact) mass is 360 g/mol. The van der Waals surface area contributed by atoms with E-state index in [1.54, 1.807) is 18.0 Å². The van der Waals surface area contributed by atoms with Crippen LogP contribution in [-0.2, 0) is 4.74 Å². The molecule has 1 aliphatic rings. The van der Waals surface area contributed by atoms with Crippen LogP contribution in [0.4, 0.5) is 4.79 Å². The number of likely N-dealkylation sites (N-methyl/N-ethyl adjacent to an activating group) is 1. The molecule has 0 aliphatic carbocycles. The summed E-state index contributed by atoms with van der Waals surface area (Å²) in [7, 11) is 1.71. The highest BCUT2D eigenvalue weighted by atomic mass is 35.5. The molecule has 1 unspecified atom stereocenters. The Balaban J connectivity index is 1.85. The molecule has 0 saturated carbocycles. The minimum Gasteiger partial charge on any atom is -0.490 e. The summed E-state index contributed by atoms with van der Waals surface area (Å²) in [4.78, 5) is 13.4. The molecule has 1 aromatic rings. The molecule has 23 heavy (non-hydrogen) atoms. The molecule has 1 heterocycles. The topological polar surface area (TPSA) is 50.8 Å². The highest BCUT2D eigenvalue weighted by Crippen LogP contribution is 2.41. The van der Waals surface area contributed by atoms with Gasteiger partial charge in [-0.15, -0.1) is 0 Å². The van der Waals surface area contributed by atoms with E-state index in [-0.39, 0.29) is 12.1 Å². The van der Waals surface area contributed by atoms with E-state index < -0.39 is 5.60 Å². The predicted molar refractivity (Wildman–Crippen MR) is 91.6 cm³/mol. The second kappa shape index (κ2) is 7.16. The third kappa shape index (κ3) is 4.66. The fourth-order valence-corrected chi connectivity index (χ4v) is 2.61. The highest BCUT2D eigenvalue weighted by Gasteiger charge is 2.27. The molecule has 7 heteroatoms. The van der Waals surface area contributed by atoms with Crippen LogP contribution in [0.5, 0.6) is 5.75 Å². The summed E-state index contributed by atoms with van der Waals surface area (Å²) in [6.45, 7) is 7.17. The van der Waals surface area contributed by atoms with E-state index in [0.29, 0.717) is 35.5 Å². The third-order valence-corrected chi connectivity index (χ3v) is 4.18. The summed E-state index contributed by atoms with van der Waals surface area (Å²) in [6.07, 6.45) is -0.336. The smallest absolute Gasteiger partial charge is 0.410 e. The highest BCUT2D eigenvalue weighted by molar-refractivity contribution is 6.43. The minimum atomic E-state index is -0.493. The zero-order valence-electron chi connectivity index (χ0n) is 13.8. The van der Waals surface area contributed by atoms with Crippen LogP contribution in [0.1, 0.15) is 32.4 Å². The number of ether oxygens (including phenoxy) is 2. The molecule has 0 radical (unpaired) electrons. The number of carbonyl (C=O) groups is 1. The lowest BCUT2D eigenvalue weighted by Crippen LogP contribution is -2.38. The van der Waals surface area contributed by atoms with E-state index in [9.17, 15) is 4.79 Å². The molecule has 1 aromatic carbocycles. The summed E-state index contributed by atoms with van der Waals surface area (Å²) >= 11 is 12.1. The molecule has 1 N–H and O–H groups in total. The number of benzene rings is 1. The number of fused-ring (bicyclic) bond motifs is 1. The van der Waals surface area contributed by atoms with Gasteiger partial charge in [-0.1, -0.05) is 29.3 Å². The quantitative estimate of drug-likeness (QED) is 0.884. The molecular formula is C16H22Cl2N2O3. The first-order valence-electron chi connectivity index (χ1n) is 7.47. The lowest BCUT2D eigenvalue weighted by molar-refractivity contribution is 0.0299. The Labute approximate surface area is 146 Å². The fraction of sp³-hybridized carbons (Fsp3) is 0.562. The SMILES string of the molecule is CN(CCNC1COc2c1ccc(Cl)c2Cl)C(=O)OC(C)(C)C. The van der Waals surface area contributed by atoms with Gasteiger partial charge in [-0.25, -0.2) is 4.79 Å². The normalized spacial score (nSPS) is 16.7. The average Bonchev–Trinajstić information content (AvgIpc) is 2.85. The van der Waals surface area contributed by atoms with Crippen LogP contribution in [0.15, 0.2) is 12.1 Å². The van der Waals surface area contributed by atoms with E-state index in [1.807, 2.05) is 26.8 Å². The Bertz CT molecular complexity index is 587. The number of halogens is 2. The van der Waals surface area contributed by atoms with E-state index in [1.165, 1.54) is 0 Å². The lowest BCUT2D eigenvalue weighted by Gasteiger charge is -2.25. The van der Waals surface area contributed by atoms with Crippen molar-refractivity contribution in [1.82, 2.24) is 10.2 Å². The van der Waals surface area contributed by atoms with Gasteiger partial charge >= 0.3 is 6.09 Å². The molecule has 1 atom stereocenters. The summed E-state index contributed by atoms with van der Waals surface area (Å²) < 4.78 is 10.9. The van der Waals surface area contributed by atoms with E-state index in [4.69, 9.17) is 32.7 Å². The van der Waals surface area contributed by atoms with Gasteiger partial charge in [0.05, 0.1) is 11.1 Å². The number of nitrogens with one attached hydrogen (secondary N) is 1. The molecule has 1 aliphatic heterocycles. The number of amides is 1. The van der Waals surface area contributed by atoms with Gasteiger partial charge in [0, 0.05) is 25.7 Å². The van der Waals surface area contributed by atoms with Gasteiger partial charge in [0.15, 0.2) is 0 Å². The molecule has 0 saturated heterocycles. The van der Waals surface area contributed by atoms with Gasteiger partial charge < -0.3 is 19.7 Å². The number of hydrogen-bond acceptors (Lipinski definition) is 4. The standard InChI is InChI=1S/C16H22Cl2N2O3/c1-16(2,3)23-15(21)20(4)8-7-19-12-9-22-14-10(12)5-6-11(17)13(14)18/h5-6,12,19H,7-9H2,1-4H3. The fourth-order valence-electron chi connectivity index (χ4n) is 2.23. The second-order valence-corrected chi connectivity index (χ2v) is 7.28. The van der Waals surface area contributed by atoms with Crippen molar-refractivity contribution in [1.29, 1.82) is 0 Å². The Hall–Kier alpha value is -1.17. The molecule has 0 bridgehead atoms. The van der Waals surface area contributed by atoms with Gasteiger partial charge in [0.25, 0.3) is 0 Å². The number of carbonyl (C=O) groups excluding carboxylic acids is 1. The summed E-state index contributed by atoms with van der Waals surface area (Å²) in [6, 6.07) is 3.71. The van der Waals surface area contributed by atoms with Crippen LogP contribution in [0.2, 0.25) is 10.0 Å². The summed E-state index contributed by atoms with van der Waals surface area (Å²) in [5, 5.41) is 4.28. The van der Waals surface area contributed by atoms with Crippen molar-refractivity contribution in [2.75, 3.05) is 26.7 Å². The third-order valence-electron chi connectivity index (χ3n) is 3.39. The maximum absolute atomic E-state index is 11.9. The first-order valence-corrected chi connectivity index (χ1v) is 8.23. The van der Waals surface area contributed by atoms with Crippen LogP contribution < -0.4 is 10.1 Å². The van der Waals surface area contributed by atoms with Crippen LogP contribution in [0, 0.1) is 0 Å². The molecule has 0 spiro atoms. The van der Waals surface area contributed by atoms with Crippen molar-refractivity contribution in [2.45, 2.75) is 32.4 Å². The average molecular weight is 361 g/mol. The first kappa shape index (κ1) is 18.2. The van der Waals surface area contributed by atoms with Crippen LogP contribution in [0.25, 0.3) is 0 Å². The maximum Gasteiger partial charge on any atom is 0.410 e. The van der Waals surface area contributed by atoms with Crippen LogP contribution >= 0.6 is 23.2 Å². The minimum absolute atomic E-state index is 0.0341. The van der Waals surface area contributed by atoms with Gasteiger partial charge in [0.1, 0.15) is 23.0 Å². The maximum atomic E-state index is 11.9. The first-order chi connectivity index (χ1) is 10.7. The lowest BCUT2D eigenvalue weighted by atomic mass is 10.1. The summed E-state index contributed by atoms with van der Waals surface area (Å²) in [5.74, 6) is 0.636. The molecule has 128 valence electrons. The van der Waals surface area contributed by atoms with Crippen LogP contribution in [-0.4, -0.2) is 43.3 Å². The van der Waals surface area contributed by atoms with Crippen LogP contribution in [0.3, 0.4) is 0 Å². The Morgan fingerprint density at radius 3 is 2.78 bits per heavy atom. The number of hydrogen-bond donors (Lipinski definition) is 1. The molecule has 0 aromatic heterocycles. The second-order valence-electron chi connectivity index (χ2n) is 6.50. The van der Waals surface area contributed by atoms with Crippen molar-refractivity contribution in [3.63, 3.8) is 0 Å². The van der Waals surface area contributed by atoms with E-state index in [0.717, 1.165) is 5.56 Å². The summed E-state index contributed by atoms with van der Waals surface area (Å²) in [5.41, 5.74) is 0.492. The Kier molecular flexibility index (Phi) is 5.65. The Morgan fingerprint density at radius 2 is 2.13 bits per heavy atom. The zero-order valence-corrected chi connectivity index (χ0v) is 15.3. The molecule has 2 rings (SSSR count). The van der Waals surface area contributed by atoms with Crippen molar-refractivity contribution in [3.8, 4) is 5.75 Å². The number of nitrogens with zero attached hydrogens (tertiary/aromatic N) is 1.